The lowest BCUT2D eigenvalue weighted by atomic mass is 10.2. The lowest BCUT2D eigenvalue weighted by Crippen LogP contribution is -2.00. The molecule has 0 amide bonds. The van der Waals surface area contributed by atoms with Crippen LogP contribution in [0.4, 0.5) is 0 Å². The summed E-state index contributed by atoms with van der Waals surface area (Å²) in [6.45, 7) is 2.24. The molecule has 18 heavy (non-hydrogen) atoms. The van der Waals surface area contributed by atoms with Gasteiger partial charge < -0.3 is 5.11 Å². The van der Waals surface area contributed by atoms with Gasteiger partial charge in [0, 0.05) is 4.47 Å². The Hall–Kier alpha value is -0.400. The fourth-order valence-corrected chi connectivity index (χ4v) is 2.09. The lowest BCUT2D eigenvalue weighted by molar-refractivity contribution is -0.136. The summed E-state index contributed by atoms with van der Waals surface area (Å²) >= 11 is 3.26. The number of hydrogen-bond acceptors (Lipinski definition) is 1. The van der Waals surface area contributed by atoms with E-state index >= 15 is 0 Å². The summed E-state index contributed by atoms with van der Waals surface area (Å²) in [4.78, 5) is 10.3. The summed E-state index contributed by atoms with van der Waals surface area (Å²) in [5.74, 6) is -0.808. The highest BCUT2D eigenvalue weighted by Gasteiger charge is 2.02. The van der Waals surface area contributed by atoms with Crippen LogP contribution in [0.5, 0.6) is 0 Å². The molecule has 1 aromatic rings. The normalized spacial score (nSPS) is 9.50. The smallest absolute Gasteiger partial charge is 0.307 e. The standard InChI is InChI=1S/C8H7BrO2.C6H15P/c9-7-4-2-1-3-6(7)5-8(10)11;1-2-3-4-5-6-7/h1-4H,5H2,(H,10,11);2-7H2,1H3. The predicted octanol–water partition coefficient (Wildman–Crippen LogP) is 4.52. The van der Waals surface area contributed by atoms with Gasteiger partial charge in [-0.1, -0.05) is 60.3 Å². The van der Waals surface area contributed by atoms with Crippen molar-refractivity contribution in [3.05, 3.63) is 34.3 Å². The highest BCUT2D eigenvalue weighted by Crippen LogP contribution is 2.15. The Morgan fingerprint density at radius 2 is 1.94 bits per heavy atom. The maximum atomic E-state index is 10.3. The molecule has 1 N–H and O–H groups in total. The van der Waals surface area contributed by atoms with Crippen molar-refractivity contribution in [2.24, 2.45) is 0 Å². The highest BCUT2D eigenvalue weighted by atomic mass is 79.9. The van der Waals surface area contributed by atoms with Crippen LogP contribution in [0.2, 0.25) is 0 Å². The van der Waals surface area contributed by atoms with E-state index in [0.29, 0.717) is 0 Å². The number of carbonyl (C=O) groups is 1. The molecule has 2 nitrogen and oxygen atoms in total. The summed E-state index contributed by atoms with van der Waals surface area (Å²) in [5.41, 5.74) is 0.806. The number of aliphatic carboxylic acids is 1. The fourth-order valence-electron chi connectivity index (χ4n) is 1.38. The van der Waals surface area contributed by atoms with Gasteiger partial charge in [0.25, 0.3) is 0 Å². The van der Waals surface area contributed by atoms with E-state index in [0.717, 1.165) is 10.0 Å². The summed E-state index contributed by atoms with van der Waals surface area (Å²) < 4.78 is 0.849. The third-order valence-electron chi connectivity index (χ3n) is 2.36. The van der Waals surface area contributed by atoms with Crippen LogP contribution in [0.3, 0.4) is 0 Å². The van der Waals surface area contributed by atoms with Crippen molar-refractivity contribution >= 4 is 31.1 Å². The number of rotatable bonds is 6. The van der Waals surface area contributed by atoms with Crippen molar-refractivity contribution in [1.82, 2.24) is 0 Å². The first-order valence-corrected chi connectivity index (χ1v) is 7.88. The van der Waals surface area contributed by atoms with Gasteiger partial charge in [0.1, 0.15) is 0 Å². The molecule has 0 fully saturated rings. The van der Waals surface area contributed by atoms with Crippen molar-refractivity contribution in [3.63, 3.8) is 0 Å². The van der Waals surface area contributed by atoms with Gasteiger partial charge in [-0.25, -0.2) is 0 Å². The Kier molecular flexibility index (Phi) is 11.4. The molecule has 0 saturated carbocycles. The molecule has 1 atom stereocenters. The molecule has 4 heteroatoms. The van der Waals surface area contributed by atoms with Gasteiger partial charge in [-0.2, -0.15) is 0 Å². The molecule has 0 heterocycles. The van der Waals surface area contributed by atoms with Gasteiger partial charge in [0.05, 0.1) is 6.42 Å². The third-order valence-corrected chi connectivity index (χ3v) is 3.54. The number of unbranched alkanes of at least 4 members (excludes halogenated alkanes) is 3. The van der Waals surface area contributed by atoms with Crippen molar-refractivity contribution in [1.29, 1.82) is 0 Å². The van der Waals surface area contributed by atoms with Crippen molar-refractivity contribution in [3.8, 4) is 0 Å². The average Bonchev–Trinajstić information content (AvgIpc) is 2.33. The topological polar surface area (TPSA) is 37.3 Å². The molecule has 102 valence electrons. The Morgan fingerprint density at radius 3 is 2.44 bits per heavy atom. The Labute approximate surface area is 121 Å². The summed E-state index contributed by atoms with van der Waals surface area (Å²) in [7, 11) is 2.75. The molecule has 1 unspecified atom stereocenters. The molecule has 0 aliphatic carbocycles. The maximum absolute atomic E-state index is 10.3. The van der Waals surface area contributed by atoms with Crippen LogP contribution in [0.15, 0.2) is 28.7 Å². The molecule has 1 aromatic carbocycles. The zero-order chi connectivity index (χ0) is 13.8. The van der Waals surface area contributed by atoms with E-state index in [4.69, 9.17) is 5.11 Å². The first-order valence-electron chi connectivity index (χ1n) is 6.27. The lowest BCUT2D eigenvalue weighted by Gasteiger charge is -1.98. The minimum Gasteiger partial charge on any atom is -0.481 e. The second-order valence-electron chi connectivity index (χ2n) is 4.01. The second-order valence-corrected chi connectivity index (χ2v) is 5.44. The largest absolute Gasteiger partial charge is 0.481 e. The zero-order valence-corrected chi connectivity index (χ0v) is 13.6. The van der Waals surface area contributed by atoms with E-state index in [1.165, 1.54) is 31.8 Å². The van der Waals surface area contributed by atoms with Gasteiger partial charge in [-0.3, -0.25) is 4.79 Å². The van der Waals surface area contributed by atoms with E-state index in [1.807, 2.05) is 18.2 Å². The van der Waals surface area contributed by atoms with Gasteiger partial charge in [0.15, 0.2) is 0 Å². The second kappa shape index (κ2) is 11.7. The number of carboxylic acids is 1. The minimum atomic E-state index is -0.808. The van der Waals surface area contributed by atoms with Crippen molar-refractivity contribution in [2.75, 3.05) is 6.16 Å². The molecule has 0 radical (unpaired) electrons. The van der Waals surface area contributed by atoms with Crippen LogP contribution in [-0.4, -0.2) is 17.2 Å². The van der Waals surface area contributed by atoms with E-state index in [9.17, 15) is 4.79 Å². The van der Waals surface area contributed by atoms with Crippen LogP contribution in [0.25, 0.3) is 0 Å². The summed E-state index contributed by atoms with van der Waals surface area (Å²) in [5, 5.41) is 8.47. The quantitative estimate of drug-likeness (QED) is 0.614. The molecule has 0 aliphatic rings. The van der Waals surface area contributed by atoms with Gasteiger partial charge in [-0.05, 0) is 24.2 Å². The predicted molar refractivity (Wildman–Crippen MR) is 84.2 cm³/mol. The maximum Gasteiger partial charge on any atom is 0.307 e. The van der Waals surface area contributed by atoms with E-state index in [1.54, 1.807) is 6.07 Å². The van der Waals surface area contributed by atoms with Crippen LogP contribution in [0.1, 0.15) is 38.2 Å². The molecule has 0 spiro atoms. The zero-order valence-electron chi connectivity index (χ0n) is 10.9. The molecule has 0 aromatic heterocycles. The first kappa shape index (κ1) is 17.6. The first-order chi connectivity index (χ1) is 8.61. The molecule has 0 bridgehead atoms. The number of hydrogen-bond donors (Lipinski definition) is 1. The Morgan fingerprint density at radius 1 is 1.28 bits per heavy atom. The van der Waals surface area contributed by atoms with Crippen LogP contribution < -0.4 is 0 Å². The Balaban J connectivity index is 0.000000360. The SMILES string of the molecule is CCCCCCP.O=C(O)Cc1ccccc1Br. The highest BCUT2D eigenvalue weighted by molar-refractivity contribution is 9.10. The monoisotopic (exact) mass is 332 g/mol. The van der Waals surface area contributed by atoms with Crippen LogP contribution in [0, 0.1) is 0 Å². The molecule has 0 saturated heterocycles. The molecular weight excluding hydrogens is 311 g/mol. The summed E-state index contributed by atoms with van der Waals surface area (Å²) in [6, 6.07) is 7.30. The Bertz CT molecular complexity index is 338. The van der Waals surface area contributed by atoms with Crippen LogP contribution >= 0.6 is 25.2 Å². The van der Waals surface area contributed by atoms with E-state index in [2.05, 4.69) is 32.1 Å². The fraction of sp³-hybridized carbons (Fsp3) is 0.500. The van der Waals surface area contributed by atoms with Crippen molar-refractivity contribution in [2.45, 2.75) is 39.0 Å². The molecule has 1 rings (SSSR count). The van der Waals surface area contributed by atoms with E-state index in [-0.39, 0.29) is 6.42 Å². The van der Waals surface area contributed by atoms with Gasteiger partial charge in [0.2, 0.25) is 0 Å². The molecular formula is C14H22BrO2P. The van der Waals surface area contributed by atoms with Gasteiger partial charge in [-0.15, -0.1) is 9.24 Å². The van der Waals surface area contributed by atoms with Crippen molar-refractivity contribution < 1.29 is 9.90 Å². The third kappa shape index (κ3) is 9.61. The van der Waals surface area contributed by atoms with Crippen LogP contribution in [-0.2, 0) is 11.2 Å². The van der Waals surface area contributed by atoms with Gasteiger partial charge >= 0.3 is 5.97 Å². The number of halogens is 1. The van der Waals surface area contributed by atoms with E-state index < -0.39 is 5.97 Å². The summed E-state index contributed by atoms with van der Waals surface area (Å²) in [6.07, 6.45) is 6.92. The number of carboxylic acid groups (broad SMARTS) is 1. The molecule has 0 aliphatic heterocycles. The number of benzene rings is 1. The average molecular weight is 333 g/mol. The minimum absolute atomic E-state index is 0.0709.